The molecule has 0 aliphatic heterocycles. The van der Waals surface area contributed by atoms with Gasteiger partial charge in [0.25, 0.3) is 5.91 Å². The van der Waals surface area contributed by atoms with Crippen molar-refractivity contribution >= 4 is 17.3 Å². The number of hydrogen-bond acceptors (Lipinski definition) is 3. The highest BCUT2D eigenvalue weighted by Crippen LogP contribution is 2.35. The molecule has 24 heavy (non-hydrogen) atoms. The number of methoxy groups -OCH3 is 1. The van der Waals surface area contributed by atoms with Crippen LogP contribution in [0.5, 0.6) is 5.75 Å². The molecule has 0 unspecified atom stereocenters. The summed E-state index contributed by atoms with van der Waals surface area (Å²) in [6.45, 7) is 10.3. The largest absolute Gasteiger partial charge is 0.494 e. The number of nitrogens with two attached hydrogens (primary N) is 1. The number of aryl methyl sites for hydroxylation is 2. The second-order valence-corrected chi connectivity index (χ2v) is 7.15. The first-order valence-corrected chi connectivity index (χ1v) is 8.00. The Labute approximate surface area is 144 Å². The molecule has 2 aromatic rings. The van der Waals surface area contributed by atoms with Crippen LogP contribution in [0.15, 0.2) is 30.3 Å². The zero-order valence-electron chi connectivity index (χ0n) is 15.3. The lowest BCUT2D eigenvalue weighted by Gasteiger charge is -2.23. The topological polar surface area (TPSA) is 64.3 Å². The van der Waals surface area contributed by atoms with Crippen LogP contribution >= 0.6 is 0 Å². The summed E-state index contributed by atoms with van der Waals surface area (Å²) in [5.74, 6) is 0.474. The quantitative estimate of drug-likeness (QED) is 0.819. The van der Waals surface area contributed by atoms with Gasteiger partial charge in [0.2, 0.25) is 0 Å². The molecule has 4 heteroatoms. The van der Waals surface area contributed by atoms with E-state index in [9.17, 15) is 4.79 Å². The van der Waals surface area contributed by atoms with Gasteiger partial charge in [0, 0.05) is 11.3 Å². The van der Waals surface area contributed by atoms with Crippen LogP contribution in [0.3, 0.4) is 0 Å². The maximum atomic E-state index is 12.6. The lowest BCUT2D eigenvalue weighted by molar-refractivity contribution is 0.102. The maximum absolute atomic E-state index is 12.6. The molecule has 2 rings (SSSR count). The van der Waals surface area contributed by atoms with E-state index in [-0.39, 0.29) is 11.3 Å². The fraction of sp³-hybridized carbons (Fsp3) is 0.350. The summed E-state index contributed by atoms with van der Waals surface area (Å²) in [5, 5.41) is 2.96. The summed E-state index contributed by atoms with van der Waals surface area (Å²) < 4.78 is 5.48. The summed E-state index contributed by atoms with van der Waals surface area (Å²) in [6.07, 6.45) is 0. The van der Waals surface area contributed by atoms with Gasteiger partial charge in [0.05, 0.1) is 12.8 Å². The number of amides is 1. The van der Waals surface area contributed by atoms with Gasteiger partial charge in [-0.1, -0.05) is 32.9 Å². The Morgan fingerprint density at radius 3 is 2.29 bits per heavy atom. The van der Waals surface area contributed by atoms with Crippen molar-refractivity contribution in [3.63, 3.8) is 0 Å². The van der Waals surface area contributed by atoms with Crippen LogP contribution < -0.4 is 15.8 Å². The van der Waals surface area contributed by atoms with E-state index in [0.717, 1.165) is 16.7 Å². The lowest BCUT2D eigenvalue weighted by Crippen LogP contribution is -2.16. The van der Waals surface area contributed by atoms with Gasteiger partial charge in [-0.2, -0.15) is 0 Å². The Kier molecular flexibility index (Phi) is 4.88. The molecule has 0 aromatic heterocycles. The monoisotopic (exact) mass is 326 g/mol. The third-order valence-corrected chi connectivity index (χ3v) is 4.13. The predicted molar refractivity (Wildman–Crippen MR) is 100.0 cm³/mol. The number of nitrogens with one attached hydrogen (secondary N) is 1. The SMILES string of the molecule is COc1c(C)cc(C(C)(C)C)cc1NC(=O)c1ccc(C)c(N)c1. The number of benzene rings is 2. The first kappa shape index (κ1) is 17.9. The van der Waals surface area contributed by atoms with Crippen molar-refractivity contribution in [2.24, 2.45) is 0 Å². The van der Waals surface area contributed by atoms with Crippen LogP contribution in [0.1, 0.15) is 47.8 Å². The van der Waals surface area contributed by atoms with Crippen LogP contribution in [0, 0.1) is 13.8 Å². The summed E-state index contributed by atoms with van der Waals surface area (Å²) in [6, 6.07) is 9.38. The molecule has 3 N–H and O–H groups in total. The molecular weight excluding hydrogens is 300 g/mol. The fourth-order valence-corrected chi connectivity index (χ4v) is 2.55. The number of anilines is 2. The Bertz CT molecular complexity index is 774. The minimum absolute atomic E-state index is 0.0230. The molecule has 128 valence electrons. The van der Waals surface area contributed by atoms with Gasteiger partial charge in [0.15, 0.2) is 0 Å². The predicted octanol–water partition coefficient (Wildman–Crippen LogP) is 4.44. The minimum Gasteiger partial charge on any atom is -0.494 e. The molecule has 0 bridgehead atoms. The zero-order chi connectivity index (χ0) is 18.1. The summed E-state index contributed by atoms with van der Waals surface area (Å²) in [5.41, 5.74) is 10.8. The van der Waals surface area contributed by atoms with E-state index in [1.165, 1.54) is 0 Å². The standard InChI is InChI=1S/C20H26N2O2/c1-12-7-8-14(10-16(12)21)19(23)22-17-11-15(20(3,4)5)9-13(2)18(17)24-6/h7-11H,21H2,1-6H3,(H,22,23). The van der Waals surface area contributed by atoms with Gasteiger partial charge < -0.3 is 15.8 Å². The third kappa shape index (κ3) is 3.70. The van der Waals surface area contributed by atoms with Crippen LogP contribution in [0.2, 0.25) is 0 Å². The average Bonchev–Trinajstić information content (AvgIpc) is 2.48. The van der Waals surface area contributed by atoms with Crippen molar-refractivity contribution in [1.82, 2.24) is 0 Å². The van der Waals surface area contributed by atoms with Crippen molar-refractivity contribution in [2.45, 2.75) is 40.0 Å². The third-order valence-electron chi connectivity index (χ3n) is 4.13. The second kappa shape index (κ2) is 6.56. The summed E-state index contributed by atoms with van der Waals surface area (Å²) in [4.78, 5) is 12.6. The van der Waals surface area contributed by atoms with Crippen LogP contribution in [-0.2, 0) is 5.41 Å². The van der Waals surface area contributed by atoms with Crippen molar-refractivity contribution < 1.29 is 9.53 Å². The lowest BCUT2D eigenvalue weighted by atomic mass is 9.85. The van der Waals surface area contributed by atoms with E-state index in [2.05, 4.69) is 32.2 Å². The molecule has 0 saturated heterocycles. The minimum atomic E-state index is -0.203. The molecule has 0 aliphatic rings. The molecule has 0 heterocycles. The zero-order valence-corrected chi connectivity index (χ0v) is 15.3. The van der Waals surface area contributed by atoms with Crippen molar-refractivity contribution in [1.29, 1.82) is 0 Å². The van der Waals surface area contributed by atoms with Gasteiger partial charge in [0.1, 0.15) is 5.75 Å². The maximum Gasteiger partial charge on any atom is 0.255 e. The normalized spacial score (nSPS) is 11.2. The van der Waals surface area contributed by atoms with Crippen molar-refractivity contribution in [2.75, 3.05) is 18.2 Å². The van der Waals surface area contributed by atoms with E-state index in [1.54, 1.807) is 19.2 Å². The van der Waals surface area contributed by atoms with Gasteiger partial charge in [-0.3, -0.25) is 4.79 Å². The van der Waals surface area contributed by atoms with E-state index in [1.807, 2.05) is 26.0 Å². The highest BCUT2D eigenvalue weighted by atomic mass is 16.5. The van der Waals surface area contributed by atoms with Crippen molar-refractivity contribution in [3.05, 3.63) is 52.6 Å². The summed E-state index contributed by atoms with van der Waals surface area (Å²) >= 11 is 0. The first-order valence-electron chi connectivity index (χ1n) is 8.00. The van der Waals surface area contributed by atoms with Crippen LogP contribution in [0.25, 0.3) is 0 Å². The molecule has 0 aliphatic carbocycles. The molecule has 1 amide bonds. The number of rotatable bonds is 3. The number of carbonyl (C=O) groups is 1. The molecular formula is C20H26N2O2. The summed E-state index contributed by atoms with van der Waals surface area (Å²) in [7, 11) is 1.61. The molecule has 2 aromatic carbocycles. The Hall–Kier alpha value is -2.49. The van der Waals surface area contributed by atoms with E-state index in [4.69, 9.17) is 10.5 Å². The smallest absolute Gasteiger partial charge is 0.255 e. The number of hydrogen-bond donors (Lipinski definition) is 2. The second-order valence-electron chi connectivity index (χ2n) is 7.15. The Balaban J connectivity index is 2.42. The van der Waals surface area contributed by atoms with Gasteiger partial charge in [-0.15, -0.1) is 0 Å². The van der Waals surface area contributed by atoms with Gasteiger partial charge in [-0.05, 0) is 54.2 Å². The Morgan fingerprint density at radius 1 is 1.08 bits per heavy atom. The molecule has 0 atom stereocenters. The molecule has 0 spiro atoms. The van der Waals surface area contributed by atoms with E-state index in [0.29, 0.717) is 22.7 Å². The first-order chi connectivity index (χ1) is 11.1. The van der Waals surface area contributed by atoms with Crippen LogP contribution in [-0.4, -0.2) is 13.0 Å². The van der Waals surface area contributed by atoms with E-state index < -0.39 is 0 Å². The van der Waals surface area contributed by atoms with Crippen molar-refractivity contribution in [3.8, 4) is 5.75 Å². The average molecular weight is 326 g/mol. The van der Waals surface area contributed by atoms with Gasteiger partial charge >= 0.3 is 0 Å². The highest BCUT2D eigenvalue weighted by Gasteiger charge is 2.19. The fourth-order valence-electron chi connectivity index (χ4n) is 2.55. The van der Waals surface area contributed by atoms with E-state index >= 15 is 0 Å². The molecule has 0 saturated carbocycles. The highest BCUT2D eigenvalue weighted by molar-refractivity contribution is 6.05. The number of nitrogen functional groups attached to an aromatic ring is 1. The van der Waals surface area contributed by atoms with Gasteiger partial charge in [-0.25, -0.2) is 0 Å². The number of carbonyl (C=O) groups excluding carboxylic acids is 1. The Morgan fingerprint density at radius 2 is 1.75 bits per heavy atom. The molecule has 0 radical (unpaired) electrons. The molecule has 0 fully saturated rings. The van der Waals surface area contributed by atoms with Crippen LogP contribution in [0.4, 0.5) is 11.4 Å². The number of ether oxygens (including phenoxy) is 1. The molecule has 4 nitrogen and oxygen atoms in total.